The number of nitrogens with one attached hydrogen (secondary N) is 1. The fourth-order valence-electron chi connectivity index (χ4n) is 2.23. The molecule has 0 aromatic heterocycles. The van der Waals surface area contributed by atoms with Crippen LogP contribution < -0.4 is 5.32 Å². The number of carbonyl (C=O) groups is 2. The topological polar surface area (TPSA) is 86.6 Å². The van der Waals surface area contributed by atoms with E-state index in [2.05, 4.69) is 5.32 Å². The fourth-order valence-corrected chi connectivity index (χ4v) is 2.23. The van der Waals surface area contributed by atoms with Crippen molar-refractivity contribution in [2.45, 2.75) is 32.8 Å². The summed E-state index contributed by atoms with van der Waals surface area (Å²) in [6.45, 7) is 3.71. The highest BCUT2D eigenvalue weighted by molar-refractivity contribution is 5.85. The number of hydrogen-bond acceptors (Lipinski definition) is 3. The fraction of sp³-hybridized carbons (Fsp3) is 0.818. The number of aliphatic carboxylic acids is 1. The van der Waals surface area contributed by atoms with Gasteiger partial charge in [0.25, 0.3) is 0 Å². The number of rotatable bonds is 4. The molecule has 0 saturated heterocycles. The molecule has 0 aromatic rings. The Labute approximate surface area is 94.8 Å². The summed E-state index contributed by atoms with van der Waals surface area (Å²) in [5.74, 6) is -1.92. The van der Waals surface area contributed by atoms with Gasteiger partial charge in [-0.25, -0.2) is 0 Å². The lowest BCUT2D eigenvalue weighted by Gasteiger charge is -2.16. The molecule has 1 aliphatic rings. The average molecular weight is 229 g/mol. The van der Waals surface area contributed by atoms with Crippen LogP contribution in [0.15, 0.2) is 0 Å². The van der Waals surface area contributed by atoms with Crippen molar-refractivity contribution >= 4 is 11.9 Å². The third-order valence-corrected chi connectivity index (χ3v) is 3.02. The number of amides is 1. The Kier molecular flexibility index (Phi) is 4.29. The van der Waals surface area contributed by atoms with Gasteiger partial charge in [0.2, 0.25) is 5.91 Å². The van der Waals surface area contributed by atoms with E-state index < -0.39 is 23.9 Å². The summed E-state index contributed by atoms with van der Waals surface area (Å²) < 4.78 is 0. The summed E-state index contributed by atoms with van der Waals surface area (Å²) in [6, 6.07) is 0. The van der Waals surface area contributed by atoms with Gasteiger partial charge in [-0.1, -0.05) is 6.92 Å². The highest BCUT2D eigenvalue weighted by Crippen LogP contribution is 2.36. The maximum Gasteiger partial charge on any atom is 0.307 e. The number of carboxylic acids is 1. The van der Waals surface area contributed by atoms with Crippen LogP contribution in [-0.4, -0.2) is 34.7 Å². The van der Waals surface area contributed by atoms with Gasteiger partial charge in [0, 0.05) is 6.54 Å². The van der Waals surface area contributed by atoms with E-state index in [0.29, 0.717) is 12.8 Å². The molecule has 0 bridgehead atoms. The van der Waals surface area contributed by atoms with Crippen molar-refractivity contribution in [3.63, 3.8) is 0 Å². The van der Waals surface area contributed by atoms with Crippen molar-refractivity contribution in [2.24, 2.45) is 17.8 Å². The van der Waals surface area contributed by atoms with Crippen molar-refractivity contribution in [2.75, 3.05) is 6.54 Å². The molecule has 0 aliphatic heterocycles. The van der Waals surface area contributed by atoms with E-state index in [-0.39, 0.29) is 18.4 Å². The minimum Gasteiger partial charge on any atom is -0.481 e. The van der Waals surface area contributed by atoms with Crippen molar-refractivity contribution < 1.29 is 19.8 Å². The number of hydrogen-bond donors (Lipinski definition) is 3. The van der Waals surface area contributed by atoms with E-state index in [4.69, 9.17) is 10.2 Å². The van der Waals surface area contributed by atoms with Crippen LogP contribution in [0.5, 0.6) is 0 Å². The van der Waals surface area contributed by atoms with Crippen LogP contribution in [-0.2, 0) is 9.59 Å². The molecular formula is C11H19NO4. The van der Waals surface area contributed by atoms with Crippen LogP contribution in [0.2, 0.25) is 0 Å². The number of aliphatic hydroxyl groups is 1. The van der Waals surface area contributed by atoms with Gasteiger partial charge in [-0.05, 0) is 25.7 Å². The van der Waals surface area contributed by atoms with Gasteiger partial charge in [-0.3, -0.25) is 9.59 Å². The highest BCUT2D eigenvalue weighted by Gasteiger charge is 2.40. The second-order valence-electron chi connectivity index (χ2n) is 4.72. The smallest absolute Gasteiger partial charge is 0.307 e. The molecule has 0 aromatic carbocycles. The molecule has 1 amide bonds. The van der Waals surface area contributed by atoms with Crippen LogP contribution in [0.4, 0.5) is 0 Å². The predicted octanol–water partition coefficient (Wildman–Crippen LogP) is 0.230. The average Bonchev–Trinajstić information content (AvgIpc) is 2.56. The maximum atomic E-state index is 11.7. The standard InChI is InChI=1S/C11H19NO4/c1-6-3-8(9(4-6)11(15)16)10(14)12-5-7(2)13/h6-9,13H,3-5H2,1-2H3,(H,12,14)(H,15,16)/t6?,7-,8-,9+/m0/s1. The van der Waals surface area contributed by atoms with Crippen LogP contribution in [0.25, 0.3) is 0 Å². The molecule has 5 heteroatoms. The zero-order chi connectivity index (χ0) is 12.3. The Hall–Kier alpha value is -1.10. The van der Waals surface area contributed by atoms with Gasteiger partial charge in [-0.15, -0.1) is 0 Å². The first-order chi connectivity index (χ1) is 7.41. The lowest BCUT2D eigenvalue weighted by Crippen LogP contribution is -2.38. The Morgan fingerprint density at radius 3 is 2.44 bits per heavy atom. The minimum atomic E-state index is -0.901. The van der Waals surface area contributed by atoms with Gasteiger partial charge in [0.05, 0.1) is 17.9 Å². The molecule has 1 aliphatic carbocycles. The molecular weight excluding hydrogens is 210 g/mol. The normalized spacial score (nSPS) is 31.1. The second kappa shape index (κ2) is 5.30. The summed E-state index contributed by atoms with van der Waals surface area (Å²) in [5, 5.41) is 20.6. The summed E-state index contributed by atoms with van der Waals surface area (Å²) in [6.07, 6.45) is 0.566. The van der Waals surface area contributed by atoms with Gasteiger partial charge in [-0.2, -0.15) is 0 Å². The van der Waals surface area contributed by atoms with Gasteiger partial charge < -0.3 is 15.5 Å². The Bertz CT molecular complexity index is 277. The first kappa shape index (κ1) is 13.0. The van der Waals surface area contributed by atoms with E-state index in [0.717, 1.165) is 0 Å². The zero-order valence-corrected chi connectivity index (χ0v) is 9.64. The Morgan fingerprint density at radius 2 is 1.94 bits per heavy atom. The van der Waals surface area contributed by atoms with E-state index in [1.165, 1.54) is 0 Å². The van der Waals surface area contributed by atoms with Gasteiger partial charge in [0.1, 0.15) is 0 Å². The highest BCUT2D eigenvalue weighted by atomic mass is 16.4. The summed E-state index contributed by atoms with van der Waals surface area (Å²) in [4.78, 5) is 22.7. The van der Waals surface area contributed by atoms with Crippen LogP contribution in [0.3, 0.4) is 0 Å². The molecule has 1 rings (SSSR count). The van der Waals surface area contributed by atoms with E-state index >= 15 is 0 Å². The second-order valence-corrected chi connectivity index (χ2v) is 4.72. The van der Waals surface area contributed by atoms with Gasteiger partial charge in [0.15, 0.2) is 0 Å². The molecule has 0 radical (unpaired) electrons. The minimum absolute atomic E-state index is 0.177. The maximum absolute atomic E-state index is 11.7. The molecule has 3 N–H and O–H groups in total. The molecule has 5 nitrogen and oxygen atoms in total. The first-order valence-corrected chi connectivity index (χ1v) is 5.60. The summed E-state index contributed by atoms with van der Waals surface area (Å²) in [7, 11) is 0. The van der Waals surface area contributed by atoms with Crippen LogP contribution >= 0.6 is 0 Å². The molecule has 1 unspecified atom stereocenters. The molecule has 1 saturated carbocycles. The van der Waals surface area contributed by atoms with Gasteiger partial charge >= 0.3 is 5.97 Å². The molecule has 16 heavy (non-hydrogen) atoms. The van der Waals surface area contributed by atoms with E-state index in [1.807, 2.05) is 6.92 Å². The largest absolute Gasteiger partial charge is 0.481 e. The summed E-state index contributed by atoms with van der Waals surface area (Å²) >= 11 is 0. The zero-order valence-electron chi connectivity index (χ0n) is 9.64. The quantitative estimate of drug-likeness (QED) is 0.644. The SMILES string of the molecule is CC1C[C@H](C(=O)NC[C@H](C)O)[C@H](C(=O)O)C1. The van der Waals surface area contributed by atoms with Crippen molar-refractivity contribution in [3.8, 4) is 0 Å². The number of carboxylic acid groups (broad SMARTS) is 1. The number of carbonyl (C=O) groups excluding carboxylic acids is 1. The molecule has 0 spiro atoms. The Balaban J connectivity index is 2.56. The molecule has 0 heterocycles. The molecule has 1 fully saturated rings. The predicted molar refractivity (Wildman–Crippen MR) is 57.7 cm³/mol. The van der Waals surface area contributed by atoms with Crippen molar-refractivity contribution in [3.05, 3.63) is 0 Å². The summed E-state index contributed by atoms with van der Waals surface area (Å²) in [5.41, 5.74) is 0. The van der Waals surface area contributed by atoms with Crippen molar-refractivity contribution in [1.82, 2.24) is 5.32 Å². The van der Waals surface area contributed by atoms with E-state index in [1.54, 1.807) is 6.92 Å². The third-order valence-electron chi connectivity index (χ3n) is 3.02. The van der Waals surface area contributed by atoms with Crippen molar-refractivity contribution in [1.29, 1.82) is 0 Å². The van der Waals surface area contributed by atoms with Crippen LogP contribution in [0.1, 0.15) is 26.7 Å². The first-order valence-electron chi connectivity index (χ1n) is 5.60. The lowest BCUT2D eigenvalue weighted by atomic mass is 9.95. The molecule has 4 atom stereocenters. The molecule has 92 valence electrons. The van der Waals surface area contributed by atoms with E-state index in [9.17, 15) is 9.59 Å². The lowest BCUT2D eigenvalue weighted by molar-refractivity contribution is -0.146. The monoisotopic (exact) mass is 229 g/mol. The van der Waals surface area contributed by atoms with Crippen LogP contribution in [0, 0.1) is 17.8 Å². The third kappa shape index (κ3) is 3.20. The number of aliphatic hydroxyl groups excluding tert-OH is 1. The Morgan fingerprint density at radius 1 is 1.38 bits per heavy atom.